The van der Waals surface area contributed by atoms with E-state index in [2.05, 4.69) is 5.32 Å². The molecule has 1 aromatic rings. The highest BCUT2D eigenvalue weighted by molar-refractivity contribution is 7.98. The molecule has 0 atom stereocenters. The van der Waals surface area contributed by atoms with Gasteiger partial charge in [-0.15, -0.1) is 24.2 Å². The van der Waals surface area contributed by atoms with E-state index in [1.165, 1.54) is 24.2 Å². The Morgan fingerprint density at radius 1 is 1.33 bits per heavy atom. The van der Waals surface area contributed by atoms with Crippen LogP contribution in [0.1, 0.15) is 29.6 Å². The van der Waals surface area contributed by atoms with E-state index in [0.717, 1.165) is 39.0 Å². The zero-order valence-corrected chi connectivity index (χ0v) is 15.3. The highest BCUT2D eigenvalue weighted by atomic mass is 35.5. The van der Waals surface area contributed by atoms with Crippen LogP contribution >= 0.6 is 24.2 Å². The zero-order valence-electron chi connectivity index (χ0n) is 13.6. The summed E-state index contributed by atoms with van der Waals surface area (Å²) in [6.45, 7) is 3.58. The predicted octanol–water partition coefficient (Wildman–Crippen LogP) is 2.95. The number of carbonyl (C=O) groups is 1. The summed E-state index contributed by atoms with van der Waals surface area (Å²) in [5.41, 5.74) is 0.776. The molecule has 2 heterocycles. The molecule has 2 saturated heterocycles. The summed E-state index contributed by atoms with van der Waals surface area (Å²) in [5.74, 6) is -0.0958. The SMILES string of the molecule is CSc1ccc(C(=O)N2CCC3(CCNC3)CC2)cc1[N+](=O)[O-].Cl. The number of nitro benzene ring substituents is 1. The third-order valence-corrected chi connectivity index (χ3v) is 5.85. The van der Waals surface area contributed by atoms with E-state index in [9.17, 15) is 14.9 Å². The molecule has 0 bridgehead atoms. The Labute approximate surface area is 151 Å². The molecule has 1 aromatic carbocycles. The molecule has 8 heteroatoms. The fourth-order valence-corrected chi connectivity index (χ4v) is 4.10. The van der Waals surface area contributed by atoms with Gasteiger partial charge in [0.2, 0.25) is 0 Å². The van der Waals surface area contributed by atoms with E-state index in [-0.39, 0.29) is 24.0 Å². The highest BCUT2D eigenvalue weighted by Crippen LogP contribution is 2.37. The van der Waals surface area contributed by atoms with Crippen molar-refractivity contribution in [3.8, 4) is 0 Å². The molecule has 0 aromatic heterocycles. The number of nitrogens with one attached hydrogen (secondary N) is 1. The van der Waals surface area contributed by atoms with Gasteiger partial charge in [-0.1, -0.05) is 0 Å². The van der Waals surface area contributed by atoms with Crippen molar-refractivity contribution >= 4 is 35.8 Å². The second kappa shape index (κ2) is 7.72. The molecule has 0 radical (unpaired) electrons. The summed E-state index contributed by atoms with van der Waals surface area (Å²) in [7, 11) is 0. The summed E-state index contributed by atoms with van der Waals surface area (Å²) in [4.78, 5) is 25.8. The lowest BCUT2D eigenvalue weighted by atomic mass is 9.78. The van der Waals surface area contributed by atoms with Crippen LogP contribution < -0.4 is 5.32 Å². The molecule has 0 saturated carbocycles. The van der Waals surface area contributed by atoms with E-state index >= 15 is 0 Å². The van der Waals surface area contributed by atoms with Crippen molar-refractivity contribution < 1.29 is 9.72 Å². The first-order valence-electron chi connectivity index (χ1n) is 7.87. The number of hydrogen-bond acceptors (Lipinski definition) is 5. The van der Waals surface area contributed by atoms with Crippen molar-refractivity contribution in [1.29, 1.82) is 0 Å². The van der Waals surface area contributed by atoms with Crippen molar-refractivity contribution in [2.75, 3.05) is 32.4 Å². The van der Waals surface area contributed by atoms with Gasteiger partial charge in [-0.05, 0) is 49.6 Å². The fourth-order valence-electron chi connectivity index (χ4n) is 3.55. The molecular formula is C16H22ClN3O3S. The van der Waals surface area contributed by atoms with E-state index in [4.69, 9.17) is 0 Å². The van der Waals surface area contributed by atoms with Crippen LogP contribution in [-0.4, -0.2) is 48.2 Å². The number of nitrogens with zero attached hydrogens (tertiary/aromatic N) is 2. The number of rotatable bonds is 3. The van der Waals surface area contributed by atoms with Gasteiger partial charge in [-0.3, -0.25) is 14.9 Å². The summed E-state index contributed by atoms with van der Waals surface area (Å²) in [5, 5.41) is 14.6. The smallest absolute Gasteiger partial charge is 0.283 e. The van der Waals surface area contributed by atoms with Gasteiger partial charge in [0.25, 0.3) is 11.6 Å². The Hall–Kier alpha value is -1.31. The standard InChI is InChI=1S/C16H21N3O3S.ClH/c1-23-14-3-2-12(10-13(14)19(21)22)15(20)18-8-5-16(6-9-18)4-7-17-11-16;/h2-3,10,17H,4-9,11H2,1H3;1H. The van der Waals surface area contributed by atoms with Crippen LogP contribution in [0, 0.1) is 15.5 Å². The minimum absolute atomic E-state index is 0. The lowest BCUT2D eigenvalue weighted by molar-refractivity contribution is -0.387. The number of carbonyl (C=O) groups excluding carboxylic acids is 1. The van der Waals surface area contributed by atoms with Crippen LogP contribution in [0.2, 0.25) is 0 Å². The molecule has 3 rings (SSSR count). The highest BCUT2D eigenvalue weighted by Gasteiger charge is 2.38. The second-order valence-electron chi connectivity index (χ2n) is 6.36. The normalized spacial score (nSPS) is 19.1. The minimum atomic E-state index is -0.419. The minimum Gasteiger partial charge on any atom is -0.339 e. The lowest BCUT2D eigenvalue weighted by Gasteiger charge is -2.38. The Balaban J connectivity index is 0.00000208. The third kappa shape index (κ3) is 3.68. The molecule has 0 aliphatic carbocycles. The number of thioether (sulfide) groups is 1. The van der Waals surface area contributed by atoms with Crippen molar-refractivity contribution in [3.05, 3.63) is 33.9 Å². The summed E-state index contributed by atoms with van der Waals surface area (Å²) in [6.07, 6.45) is 5.00. The molecule has 1 spiro atoms. The topological polar surface area (TPSA) is 75.5 Å². The number of likely N-dealkylation sites (tertiary alicyclic amines) is 1. The Morgan fingerprint density at radius 3 is 2.58 bits per heavy atom. The molecule has 0 unspecified atom stereocenters. The summed E-state index contributed by atoms with van der Waals surface area (Å²) < 4.78 is 0. The van der Waals surface area contributed by atoms with Gasteiger partial charge in [-0.25, -0.2) is 0 Å². The molecule has 6 nitrogen and oxygen atoms in total. The van der Waals surface area contributed by atoms with Crippen molar-refractivity contribution in [1.82, 2.24) is 10.2 Å². The molecule has 2 aliphatic heterocycles. The van der Waals surface area contributed by atoms with E-state index in [1.54, 1.807) is 18.4 Å². The van der Waals surface area contributed by atoms with E-state index < -0.39 is 4.92 Å². The number of halogens is 1. The predicted molar refractivity (Wildman–Crippen MR) is 97.2 cm³/mol. The molecular weight excluding hydrogens is 350 g/mol. The fraction of sp³-hybridized carbons (Fsp3) is 0.562. The van der Waals surface area contributed by atoms with E-state index in [0.29, 0.717) is 15.9 Å². The number of piperidine rings is 1. The average Bonchev–Trinajstić information content (AvgIpc) is 3.02. The number of nitro groups is 1. The summed E-state index contributed by atoms with van der Waals surface area (Å²) >= 11 is 1.32. The van der Waals surface area contributed by atoms with Gasteiger partial charge in [0.15, 0.2) is 0 Å². The van der Waals surface area contributed by atoms with Crippen molar-refractivity contribution in [2.45, 2.75) is 24.2 Å². The molecule has 2 aliphatic rings. The molecule has 1 N–H and O–H groups in total. The van der Waals surface area contributed by atoms with Crippen LogP contribution in [0.15, 0.2) is 23.1 Å². The number of hydrogen-bond donors (Lipinski definition) is 1. The number of benzene rings is 1. The second-order valence-corrected chi connectivity index (χ2v) is 7.21. The Morgan fingerprint density at radius 2 is 2.04 bits per heavy atom. The number of amides is 1. The molecule has 132 valence electrons. The van der Waals surface area contributed by atoms with Crippen LogP contribution in [0.5, 0.6) is 0 Å². The maximum Gasteiger partial charge on any atom is 0.283 e. The van der Waals surface area contributed by atoms with Crippen molar-refractivity contribution in [2.24, 2.45) is 5.41 Å². The maximum atomic E-state index is 12.7. The first kappa shape index (κ1) is 19.0. The molecule has 2 fully saturated rings. The van der Waals surface area contributed by atoms with Crippen LogP contribution in [0.25, 0.3) is 0 Å². The van der Waals surface area contributed by atoms with Crippen molar-refractivity contribution in [3.63, 3.8) is 0 Å². The van der Waals surface area contributed by atoms with Gasteiger partial charge < -0.3 is 10.2 Å². The van der Waals surface area contributed by atoms with Gasteiger partial charge in [-0.2, -0.15) is 0 Å². The Bertz CT molecular complexity index is 625. The first-order valence-corrected chi connectivity index (χ1v) is 9.10. The average molecular weight is 372 g/mol. The summed E-state index contributed by atoms with van der Waals surface area (Å²) in [6, 6.07) is 4.78. The van der Waals surface area contributed by atoms with Gasteiger partial charge in [0.1, 0.15) is 0 Å². The first-order chi connectivity index (χ1) is 11.0. The monoisotopic (exact) mass is 371 g/mol. The maximum absolute atomic E-state index is 12.7. The van der Waals surface area contributed by atoms with E-state index in [1.807, 2.05) is 4.90 Å². The van der Waals surface area contributed by atoms with Crippen LogP contribution in [0.3, 0.4) is 0 Å². The zero-order chi connectivity index (χ0) is 16.4. The van der Waals surface area contributed by atoms with Gasteiger partial charge in [0, 0.05) is 31.3 Å². The van der Waals surface area contributed by atoms with Gasteiger partial charge >= 0.3 is 0 Å². The van der Waals surface area contributed by atoms with Crippen LogP contribution in [-0.2, 0) is 0 Å². The molecule has 24 heavy (non-hydrogen) atoms. The largest absolute Gasteiger partial charge is 0.339 e. The van der Waals surface area contributed by atoms with Crippen LogP contribution in [0.4, 0.5) is 5.69 Å². The quantitative estimate of drug-likeness (QED) is 0.502. The molecule has 1 amide bonds. The lowest BCUT2D eigenvalue weighted by Crippen LogP contribution is -2.44. The Kier molecular flexibility index (Phi) is 6.11. The third-order valence-electron chi connectivity index (χ3n) is 5.07. The van der Waals surface area contributed by atoms with Gasteiger partial charge in [0.05, 0.1) is 9.82 Å².